The fourth-order valence-corrected chi connectivity index (χ4v) is 2.93. The first-order chi connectivity index (χ1) is 8.82. The molecular weight excluding hydrogens is 252 g/mol. The number of carbonyl (C=O) groups is 3. The maximum atomic E-state index is 12.0. The zero-order chi connectivity index (χ0) is 14.4. The average molecular weight is 268 g/mol. The van der Waals surface area contributed by atoms with Crippen molar-refractivity contribution >= 4 is 17.7 Å². The van der Waals surface area contributed by atoms with Crippen LogP contribution < -0.4 is 0 Å². The van der Waals surface area contributed by atoms with E-state index in [1.54, 1.807) is 6.92 Å². The van der Waals surface area contributed by atoms with Crippen LogP contribution in [-0.2, 0) is 28.6 Å². The predicted molar refractivity (Wildman–Crippen MR) is 63.2 cm³/mol. The molecule has 0 aromatic heterocycles. The highest BCUT2D eigenvalue weighted by Gasteiger charge is 2.65. The lowest BCUT2D eigenvalue weighted by atomic mass is 9.75. The first-order valence-corrected chi connectivity index (χ1v) is 5.95. The number of fused-ring (bicyclic) bond motifs is 2. The molecule has 0 N–H and O–H groups in total. The Morgan fingerprint density at radius 2 is 1.58 bits per heavy atom. The van der Waals surface area contributed by atoms with Gasteiger partial charge in [0.1, 0.15) is 5.60 Å². The molecule has 0 amide bonds. The lowest BCUT2D eigenvalue weighted by Gasteiger charge is -2.24. The summed E-state index contributed by atoms with van der Waals surface area (Å²) in [6, 6.07) is 0. The van der Waals surface area contributed by atoms with Crippen LogP contribution in [-0.4, -0.2) is 43.1 Å². The van der Waals surface area contributed by atoms with Crippen molar-refractivity contribution in [2.45, 2.75) is 37.9 Å². The summed E-state index contributed by atoms with van der Waals surface area (Å²) in [6.45, 7) is 3.02. The predicted octanol–water partition coefficient (Wildman–Crippen LogP) is 0.539. The molecule has 0 aromatic rings. The highest BCUT2D eigenvalue weighted by atomic mass is 16.6. The lowest BCUT2D eigenvalue weighted by Crippen LogP contribution is -2.40. The normalized spacial score (nSPS) is 32.4. The number of hydrogen-bond acceptors (Lipinski definition) is 6. The van der Waals surface area contributed by atoms with E-state index < -0.39 is 23.1 Å². The lowest BCUT2D eigenvalue weighted by molar-refractivity contribution is -0.146. The monoisotopic (exact) mass is 268 g/mol. The van der Waals surface area contributed by atoms with Gasteiger partial charge in [-0.05, 0) is 26.7 Å². The van der Waals surface area contributed by atoms with Crippen LogP contribution in [0.3, 0.4) is 0 Å². The minimum atomic E-state index is -1.37. The third-order valence-electron chi connectivity index (χ3n) is 3.88. The van der Waals surface area contributed by atoms with Crippen LogP contribution in [0.15, 0.2) is 11.1 Å². The molecule has 1 saturated heterocycles. The number of carbonyl (C=O) groups excluding carboxylic acids is 3. The fourth-order valence-electron chi connectivity index (χ4n) is 2.93. The number of rotatable bonds is 3. The number of ketones is 1. The number of Topliss-reactive ketones (excluding diaryl/α,β-unsaturated/α-hetero) is 1. The van der Waals surface area contributed by atoms with Crippen molar-refractivity contribution in [3.63, 3.8) is 0 Å². The fraction of sp³-hybridized carbons (Fsp3) is 0.615. The highest BCUT2D eigenvalue weighted by Crippen LogP contribution is 2.55. The Balaban J connectivity index is 2.69. The van der Waals surface area contributed by atoms with Crippen LogP contribution in [0.4, 0.5) is 0 Å². The van der Waals surface area contributed by atoms with Gasteiger partial charge in [-0.15, -0.1) is 0 Å². The summed E-state index contributed by atoms with van der Waals surface area (Å²) >= 11 is 0. The van der Waals surface area contributed by atoms with Crippen molar-refractivity contribution in [2.24, 2.45) is 0 Å². The van der Waals surface area contributed by atoms with E-state index in [4.69, 9.17) is 14.2 Å². The van der Waals surface area contributed by atoms with Gasteiger partial charge in [0.05, 0.1) is 25.4 Å². The van der Waals surface area contributed by atoms with E-state index in [2.05, 4.69) is 0 Å². The molecule has 2 heterocycles. The molecular formula is C13H16O6. The Morgan fingerprint density at radius 3 is 2.05 bits per heavy atom. The van der Waals surface area contributed by atoms with Crippen molar-refractivity contribution in [3.8, 4) is 0 Å². The molecule has 2 aliphatic rings. The van der Waals surface area contributed by atoms with Crippen LogP contribution in [0.1, 0.15) is 26.7 Å². The van der Waals surface area contributed by atoms with Gasteiger partial charge in [0.2, 0.25) is 0 Å². The van der Waals surface area contributed by atoms with Gasteiger partial charge in [-0.2, -0.15) is 0 Å². The van der Waals surface area contributed by atoms with E-state index >= 15 is 0 Å². The van der Waals surface area contributed by atoms with E-state index in [-0.39, 0.29) is 16.9 Å². The van der Waals surface area contributed by atoms with Crippen molar-refractivity contribution in [2.75, 3.05) is 14.2 Å². The third-order valence-corrected chi connectivity index (χ3v) is 3.88. The van der Waals surface area contributed by atoms with Crippen LogP contribution in [0.2, 0.25) is 0 Å². The highest BCUT2D eigenvalue weighted by molar-refractivity contribution is 6.11. The summed E-state index contributed by atoms with van der Waals surface area (Å²) in [5.74, 6) is -1.69. The standard InChI is InChI=1S/C13H16O6/c1-7(14)13-6-5-12(2,19-13)8(10(15)17-3)9(13)11(16)18-4/h5-6H2,1-4H3. The second kappa shape index (κ2) is 4.16. The van der Waals surface area contributed by atoms with Gasteiger partial charge in [-0.3, -0.25) is 4.79 Å². The summed E-state index contributed by atoms with van der Waals surface area (Å²) < 4.78 is 15.2. The van der Waals surface area contributed by atoms with E-state index in [9.17, 15) is 14.4 Å². The third kappa shape index (κ3) is 1.63. The Labute approximate surface area is 110 Å². The molecule has 0 aromatic carbocycles. The second-order valence-corrected chi connectivity index (χ2v) is 4.95. The van der Waals surface area contributed by atoms with E-state index in [0.29, 0.717) is 12.8 Å². The number of hydrogen-bond donors (Lipinski definition) is 0. The molecule has 0 spiro atoms. The molecule has 2 rings (SSSR count). The zero-order valence-corrected chi connectivity index (χ0v) is 11.4. The number of esters is 2. The van der Waals surface area contributed by atoms with E-state index in [1.165, 1.54) is 21.1 Å². The van der Waals surface area contributed by atoms with Gasteiger partial charge in [-0.1, -0.05) is 0 Å². The second-order valence-electron chi connectivity index (χ2n) is 4.95. The number of methoxy groups -OCH3 is 2. The minimum absolute atomic E-state index is 0.0110. The van der Waals surface area contributed by atoms with Gasteiger partial charge in [0.15, 0.2) is 11.4 Å². The zero-order valence-electron chi connectivity index (χ0n) is 11.4. The van der Waals surface area contributed by atoms with E-state index in [1.807, 2.05) is 0 Å². The van der Waals surface area contributed by atoms with Crippen LogP contribution in [0, 0.1) is 0 Å². The van der Waals surface area contributed by atoms with Gasteiger partial charge < -0.3 is 14.2 Å². The molecule has 19 heavy (non-hydrogen) atoms. The van der Waals surface area contributed by atoms with Crippen molar-refractivity contribution in [1.29, 1.82) is 0 Å². The quantitative estimate of drug-likeness (QED) is 0.695. The van der Waals surface area contributed by atoms with Crippen LogP contribution in [0.25, 0.3) is 0 Å². The Hall–Kier alpha value is -1.69. The van der Waals surface area contributed by atoms with Crippen molar-refractivity contribution in [3.05, 3.63) is 11.1 Å². The minimum Gasteiger partial charge on any atom is -0.466 e. The first-order valence-electron chi connectivity index (χ1n) is 5.95. The molecule has 2 unspecified atom stereocenters. The van der Waals surface area contributed by atoms with Crippen molar-refractivity contribution in [1.82, 2.24) is 0 Å². The summed E-state index contributed by atoms with van der Waals surface area (Å²) in [4.78, 5) is 35.8. The first kappa shape index (κ1) is 13.7. The topological polar surface area (TPSA) is 78.9 Å². The van der Waals surface area contributed by atoms with E-state index in [0.717, 1.165) is 0 Å². The molecule has 0 aliphatic carbocycles. The van der Waals surface area contributed by atoms with Gasteiger partial charge in [-0.25, -0.2) is 9.59 Å². The Kier molecular flexibility index (Phi) is 3.01. The summed E-state index contributed by atoms with van der Waals surface area (Å²) in [5.41, 5.74) is -2.25. The molecule has 0 radical (unpaired) electrons. The molecule has 1 fully saturated rings. The van der Waals surface area contributed by atoms with Crippen LogP contribution in [0.5, 0.6) is 0 Å². The summed E-state index contributed by atoms with van der Waals surface area (Å²) in [7, 11) is 2.42. The van der Waals surface area contributed by atoms with Crippen molar-refractivity contribution < 1.29 is 28.6 Å². The molecule has 104 valence electrons. The maximum Gasteiger partial charge on any atom is 0.337 e. The van der Waals surface area contributed by atoms with Gasteiger partial charge in [0.25, 0.3) is 0 Å². The van der Waals surface area contributed by atoms with Crippen LogP contribution >= 0.6 is 0 Å². The largest absolute Gasteiger partial charge is 0.466 e. The summed E-state index contributed by atoms with van der Waals surface area (Å²) in [6.07, 6.45) is 0.848. The molecule has 6 nitrogen and oxygen atoms in total. The van der Waals surface area contributed by atoms with Gasteiger partial charge in [0, 0.05) is 0 Å². The molecule has 0 saturated carbocycles. The smallest absolute Gasteiger partial charge is 0.337 e. The molecule has 2 aliphatic heterocycles. The molecule has 2 bridgehead atoms. The Morgan fingerprint density at radius 1 is 1.05 bits per heavy atom. The maximum absolute atomic E-state index is 12.0. The Bertz CT molecular complexity index is 505. The average Bonchev–Trinajstić information content (AvgIpc) is 2.86. The molecule has 6 heteroatoms. The van der Waals surface area contributed by atoms with Gasteiger partial charge >= 0.3 is 11.9 Å². The SMILES string of the molecule is COC(=O)C1=C(C(=O)OC)C2(C(C)=O)CCC1(C)O2. The molecule has 2 atom stereocenters. The number of ether oxygens (including phenoxy) is 3. The summed E-state index contributed by atoms with van der Waals surface area (Å²) in [5, 5.41) is 0.